The van der Waals surface area contributed by atoms with E-state index in [-0.39, 0.29) is 5.91 Å². The summed E-state index contributed by atoms with van der Waals surface area (Å²) in [5, 5.41) is 3.17. The van der Waals surface area contributed by atoms with Crippen LogP contribution in [-0.4, -0.2) is 60.0 Å². The first-order valence-electron chi connectivity index (χ1n) is 7.39. The zero-order chi connectivity index (χ0) is 14.2. The normalized spacial score (nSPS) is 16.4. The third kappa shape index (κ3) is 4.58. The molecule has 0 aromatic carbocycles. The maximum atomic E-state index is 12.0. The molecule has 0 unspecified atom stereocenters. The fraction of sp³-hybridized carbons (Fsp3) is 0.600. The van der Waals surface area contributed by atoms with Crippen LogP contribution in [0.1, 0.15) is 18.9 Å². The first-order chi connectivity index (χ1) is 9.79. The number of aromatic nitrogens is 1. The van der Waals surface area contributed by atoms with E-state index in [2.05, 4.69) is 28.2 Å². The lowest BCUT2D eigenvalue weighted by Crippen LogP contribution is -2.50. The van der Waals surface area contributed by atoms with Crippen molar-refractivity contribution in [3.63, 3.8) is 0 Å². The van der Waals surface area contributed by atoms with Gasteiger partial charge in [-0.05, 0) is 24.6 Å². The van der Waals surface area contributed by atoms with Crippen LogP contribution < -0.4 is 5.32 Å². The molecule has 2 rings (SSSR count). The Morgan fingerprint density at radius 1 is 1.35 bits per heavy atom. The average Bonchev–Trinajstić information content (AvgIpc) is 2.49. The molecule has 2 heterocycles. The molecule has 1 aliphatic heterocycles. The summed E-state index contributed by atoms with van der Waals surface area (Å²) in [7, 11) is 0. The molecule has 1 N–H and O–H groups in total. The molecule has 1 aliphatic rings. The number of rotatable bonds is 6. The van der Waals surface area contributed by atoms with Gasteiger partial charge < -0.3 is 10.2 Å². The molecular weight excluding hydrogens is 252 g/mol. The van der Waals surface area contributed by atoms with Crippen LogP contribution in [0.5, 0.6) is 0 Å². The summed E-state index contributed by atoms with van der Waals surface area (Å²) < 4.78 is 0. The summed E-state index contributed by atoms with van der Waals surface area (Å²) in [6, 6.07) is 4.06. The number of amides is 1. The molecule has 5 heteroatoms. The van der Waals surface area contributed by atoms with E-state index in [0.717, 1.165) is 45.7 Å². The molecular formula is C15H24N4O. The Morgan fingerprint density at radius 3 is 2.80 bits per heavy atom. The van der Waals surface area contributed by atoms with Crippen molar-refractivity contribution in [2.75, 3.05) is 39.3 Å². The van der Waals surface area contributed by atoms with Gasteiger partial charge in [-0.3, -0.25) is 14.7 Å². The number of hydrogen-bond donors (Lipinski definition) is 1. The Hall–Kier alpha value is -1.46. The van der Waals surface area contributed by atoms with Crippen molar-refractivity contribution < 1.29 is 4.79 Å². The SMILES string of the molecule is CCCNCC(=O)N1CCN(Cc2cccnc2)CC1. The highest BCUT2D eigenvalue weighted by atomic mass is 16.2. The minimum Gasteiger partial charge on any atom is -0.339 e. The highest BCUT2D eigenvalue weighted by Crippen LogP contribution is 2.07. The third-order valence-electron chi connectivity index (χ3n) is 3.56. The summed E-state index contributed by atoms with van der Waals surface area (Å²) in [4.78, 5) is 20.4. The van der Waals surface area contributed by atoms with Crippen LogP contribution in [-0.2, 0) is 11.3 Å². The summed E-state index contributed by atoms with van der Waals surface area (Å²) in [5.41, 5.74) is 1.23. The maximum absolute atomic E-state index is 12.0. The Balaban J connectivity index is 1.71. The summed E-state index contributed by atoms with van der Waals surface area (Å²) >= 11 is 0. The van der Waals surface area contributed by atoms with Crippen LogP contribution in [0, 0.1) is 0 Å². The standard InChI is InChI=1S/C15H24N4O/c1-2-5-16-12-15(20)19-9-7-18(8-10-19)13-14-4-3-6-17-11-14/h3-4,6,11,16H,2,5,7-10,12-13H2,1H3. The average molecular weight is 276 g/mol. The monoisotopic (exact) mass is 276 g/mol. The number of hydrogen-bond acceptors (Lipinski definition) is 4. The lowest BCUT2D eigenvalue weighted by molar-refractivity contribution is -0.132. The molecule has 5 nitrogen and oxygen atoms in total. The van der Waals surface area contributed by atoms with Crippen molar-refractivity contribution in [3.8, 4) is 0 Å². The van der Waals surface area contributed by atoms with Crippen molar-refractivity contribution in [1.82, 2.24) is 20.1 Å². The summed E-state index contributed by atoms with van der Waals surface area (Å²) in [6.07, 6.45) is 4.77. The number of pyridine rings is 1. The van der Waals surface area contributed by atoms with Crippen molar-refractivity contribution in [3.05, 3.63) is 30.1 Å². The predicted molar refractivity (Wildman–Crippen MR) is 79.3 cm³/mol. The second kappa shape index (κ2) is 7.97. The van der Waals surface area contributed by atoms with Crippen molar-refractivity contribution in [1.29, 1.82) is 0 Å². The molecule has 0 bridgehead atoms. The molecule has 0 atom stereocenters. The van der Waals surface area contributed by atoms with Crippen LogP contribution in [0.15, 0.2) is 24.5 Å². The van der Waals surface area contributed by atoms with Crippen LogP contribution in [0.4, 0.5) is 0 Å². The van der Waals surface area contributed by atoms with Crippen molar-refractivity contribution >= 4 is 5.91 Å². The number of nitrogens with zero attached hydrogens (tertiary/aromatic N) is 3. The Bertz CT molecular complexity index is 402. The second-order valence-corrected chi connectivity index (χ2v) is 5.19. The summed E-state index contributed by atoms with van der Waals surface area (Å²) in [5.74, 6) is 0.222. The van der Waals surface area contributed by atoms with Gasteiger partial charge in [-0.2, -0.15) is 0 Å². The largest absolute Gasteiger partial charge is 0.339 e. The van der Waals surface area contributed by atoms with E-state index >= 15 is 0 Å². The van der Waals surface area contributed by atoms with Gasteiger partial charge in [-0.25, -0.2) is 0 Å². The van der Waals surface area contributed by atoms with E-state index in [1.165, 1.54) is 5.56 Å². The molecule has 1 aromatic heterocycles. The smallest absolute Gasteiger partial charge is 0.236 e. The molecule has 0 saturated carbocycles. The van der Waals surface area contributed by atoms with Crippen LogP contribution in [0.25, 0.3) is 0 Å². The number of carbonyl (C=O) groups excluding carboxylic acids is 1. The van der Waals surface area contributed by atoms with Crippen LogP contribution >= 0.6 is 0 Å². The minimum absolute atomic E-state index is 0.222. The molecule has 1 amide bonds. The van der Waals surface area contributed by atoms with Crippen molar-refractivity contribution in [2.45, 2.75) is 19.9 Å². The van der Waals surface area contributed by atoms with E-state index in [1.54, 1.807) is 6.20 Å². The van der Waals surface area contributed by atoms with Gasteiger partial charge in [0.1, 0.15) is 0 Å². The Morgan fingerprint density at radius 2 is 2.15 bits per heavy atom. The zero-order valence-corrected chi connectivity index (χ0v) is 12.2. The minimum atomic E-state index is 0.222. The highest BCUT2D eigenvalue weighted by molar-refractivity contribution is 5.78. The van der Waals surface area contributed by atoms with E-state index in [0.29, 0.717) is 6.54 Å². The maximum Gasteiger partial charge on any atom is 0.236 e. The lowest BCUT2D eigenvalue weighted by Gasteiger charge is -2.34. The fourth-order valence-electron chi connectivity index (χ4n) is 2.39. The molecule has 0 spiro atoms. The van der Waals surface area contributed by atoms with E-state index in [9.17, 15) is 4.79 Å². The van der Waals surface area contributed by atoms with Crippen LogP contribution in [0.3, 0.4) is 0 Å². The highest BCUT2D eigenvalue weighted by Gasteiger charge is 2.20. The molecule has 20 heavy (non-hydrogen) atoms. The van der Waals surface area contributed by atoms with Gasteiger partial charge in [-0.15, -0.1) is 0 Å². The summed E-state index contributed by atoms with van der Waals surface area (Å²) in [6.45, 7) is 7.93. The quantitative estimate of drug-likeness (QED) is 0.778. The number of carbonyl (C=O) groups is 1. The van der Waals surface area contributed by atoms with Gasteiger partial charge in [0.15, 0.2) is 0 Å². The topological polar surface area (TPSA) is 48.5 Å². The molecule has 0 radical (unpaired) electrons. The zero-order valence-electron chi connectivity index (χ0n) is 12.2. The van der Waals surface area contributed by atoms with Crippen LogP contribution in [0.2, 0.25) is 0 Å². The molecule has 110 valence electrons. The van der Waals surface area contributed by atoms with Gasteiger partial charge >= 0.3 is 0 Å². The van der Waals surface area contributed by atoms with Crippen molar-refractivity contribution in [2.24, 2.45) is 0 Å². The second-order valence-electron chi connectivity index (χ2n) is 5.19. The number of piperazine rings is 1. The fourth-order valence-corrected chi connectivity index (χ4v) is 2.39. The Kier molecular flexibility index (Phi) is 5.95. The molecule has 1 fully saturated rings. The first-order valence-corrected chi connectivity index (χ1v) is 7.39. The number of nitrogens with one attached hydrogen (secondary N) is 1. The Labute approximate surface area is 121 Å². The van der Waals surface area contributed by atoms with Gasteiger partial charge in [0.05, 0.1) is 6.54 Å². The molecule has 1 aromatic rings. The van der Waals surface area contributed by atoms with E-state index in [4.69, 9.17) is 0 Å². The molecule has 1 saturated heterocycles. The van der Waals surface area contributed by atoms with Gasteiger partial charge in [0, 0.05) is 45.1 Å². The molecule has 0 aliphatic carbocycles. The van der Waals surface area contributed by atoms with Gasteiger partial charge in [-0.1, -0.05) is 13.0 Å². The predicted octanol–water partition coefficient (Wildman–Crippen LogP) is 0.725. The van der Waals surface area contributed by atoms with E-state index < -0.39 is 0 Å². The first kappa shape index (κ1) is 14.9. The third-order valence-corrected chi connectivity index (χ3v) is 3.56. The van der Waals surface area contributed by atoms with E-state index in [1.807, 2.05) is 17.2 Å². The lowest BCUT2D eigenvalue weighted by atomic mass is 10.2. The van der Waals surface area contributed by atoms with Gasteiger partial charge in [0.25, 0.3) is 0 Å². The van der Waals surface area contributed by atoms with Gasteiger partial charge in [0.2, 0.25) is 5.91 Å².